The Morgan fingerprint density at radius 1 is 1.15 bits per heavy atom. The van der Waals surface area contributed by atoms with Gasteiger partial charge >= 0.3 is 5.97 Å². The zero-order valence-electron chi connectivity index (χ0n) is 19.1. The van der Waals surface area contributed by atoms with Gasteiger partial charge in [-0.15, -0.1) is 0 Å². The first kappa shape index (κ1) is 23.6. The van der Waals surface area contributed by atoms with Crippen LogP contribution < -0.4 is 14.9 Å². The van der Waals surface area contributed by atoms with Gasteiger partial charge in [-0.05, 0) is 25.0 Å². The molecule has 8 nitrogen and oxygen atoms in total. The third-order valence-electron chi connectivity index (χ3n) is 5.53. The minimum Gasteiger partial charge on any atom is -0.493 e. The van der Waals surface area contributed by atoms with Gasteiger partial charge in [0.15, 0.2) is 5.43 Å². The maximum absolute atomic E-state index is 12.7. The predicted molar refractivity (Wildman–Crippen MR) is 127 cm³/mol. The van der Waals surface area contributed by atoms with Crippen molar-refractivity contribution in [3.8, 4) is 22.8 Å². The molecule has 2 aromatic carbocycles. The highest BCUT2D eigenvalue weighted by atomic mass is 32.2. The molecule has 1 aromatic heterocycles. The Morgan fingerprint density at radius 2 is 1.88 bits per heavy atom. The molecule has 0 amide bonds. The smallest absolute Gasteiger partial charge is 0.343 e. The lowest BCUT2D eigenvalue weighted by Gasteiger charge is -2.32. The molecule has 2 heterocycles. The largest absolute Gasteiger partial charge is 0.493 e. The highest BCUT2D eigenvalue weighted by Gasteiger charge is 2.29. The van der Waals surface area contributed by atoms with Crippen molar-refractivity contribution in [2.45, 2.75) is 19.6 Å². The number of fused-ring (bicyclic) bond motifs is 3. The van der Waals surface area contributed by atoms with E-state index in [1.165, 1.54) is 25.6 Å². The molecule has 1 unspecified atom stereocenters. The van der Waals surface area contributed by atoms with Gasteiger partial charge in [0.05, 0.1) is 25.2 Å². The lowest BCUT2D eigenvalue weighted by Crippen LogP contribution is -2.28. The van der Waals surface area contributed by atoms with Crippen LogP contribution in [-0.2, 0) is 14.6 Å². The highest BCUT2D eigenvalue weighted by Crippen LogP contribution is 2.43. The van der Waals surface area contributed by atoms with Gasteiger partial charge < -0.3 is 18.8 Å². The number of hydrogen-bond donors (Lipinski definition) is 0. The molecule has 4 rings (SSSR count). The summed E-state index contributed by atoms with van der Waals surface area (Å²) in [6, 6.07) is 14.5. The first-order chi connectivity index (χ1) is 16.2. The molecule has 1 atom stereocenters. The molecule has 0 spiro atoms. The van der Waals surface area contributed by atoms with Crippen molar-refractivity contribution in [3.05, 3.63) is 81.6 Å². The average Bonchev–Trinajstić information content (AvgIpc) is 2.81. The van der Waals surface area contributed by atoms with E-state index in [1.807, 2.05) is 43.3 Å². The summed E-state index contributed by atoms with van der Waals surface area (Å²) in [5, 5.41) is 0. The third-order valence-corrected chi connectivity index (χ3v) is 6.56. The van der Waals surface area contributed by atoms with Crippen LogP contribution in [0, 0.1) is 6.92 Å². The van der Waals surface area contributed by atoms with E-state index in [2.05, 4.69) is 0 Å². The number of aryl methyl sites for hydroxylation is 1. The van der Waals surface area contributed by atoms with Gasteiger partial charge in [0.2, 0.25) is 6.23 Å². The molecule has 0 radical (unpaired) electrons. The molecule has 1 aliphatic rings. The summed E-state index contributed by atoms with van der Waals surface area (Å²) in [7, 11) is -1.83. The van der Waals surface area contributed by atoms with Crippen molar-refractivity contribution in [2.75, 3.05) is 25.7 Å². The molecule has 9 heteroatoms. The van der Waals surface area contributed by atoms with Crippen LogP contribution in [0.2, 0.25) is 0 Å². The van der Waals surface area contributed by atoms with Gasteiger partial charge in [0.1, 0.15) is 26.9 Å². The van der Waals surface area contributed by atoms with Crippen molar-refractivity contribution in [3.63, 3.8) is 0 Å². The summed E-state index contributed by atoms with van der Waals surface area (Å²) >= 11 is 0. The quantitative estimate of drug-likeness (QED) is 0.375. The van der Waals surface area contributed by atoms with E-state index in [-0.39, 0.29) is 17.9 Å². The number of methoxy groups -OCH3 is 1. The lowest BCUT2D eigenvalue weighted by atomic mass is 10.0. The van der Waals surface area contributed by atoms with E-state index in [4.69, 9.17) is 14.2 Å². The normalized spacial score (nSPS) is 14.5. The van der Waals surface area contributed by atoms with Crippen molar-refractivity contribution in [2.24, 2.45) is 0 Å². The van der Waals surface area contributed by atoms with Crippen molar-refractivity contribution in [1.29, 1.82) is 0 Å². The molecular formula is C25H25NO7S. The second kappa shape index (κ2) is 9.34. The average molecular weight is 484 g/mol. The van der Waals surface area contributed by atoms with Crippen LogP contribution in [0.4, 0.5) is 0 Å². The first-order valence-electron chi connectivity index (χ1n) is 10.7. The molecule has 3 aromatic rings. The van der Waals surface area contributed by atoms with Gasteiger partial charge in [0, 0.05) is 35.7 Å². The SMILES string of the molecule is COC(=O)c1cn2c(cc1=O)-c1cc(C)c(OCCCS(C)(=O)=O)cc1OC2c1ccccc1. The second-order valence-corrected chi connectivity index (χ2v) is 10.4. The van der Waals surface area contributed by atoms with Crippen LogP contribution in [0.1, 0.15) is 34.1 Å². The maximum Gasteiger partial charge on any atom is 0.343 e. The van der Waals surface area contributed by atoms with Crippen LogP contribution in [0.15, 0.2) is 59.5 Å². The van der Waals surface area contributed by atoms with Crippen molar-refractivity contribution < 1.29 is 27.4 Å². The minimum atomic E-state index is -3.06. The monoisotopic (exact) mass is 483 g/mol. The zero-order valence-corrected chi connectivity index (χ0v) is 19.9. The molecule has 0 bridgehead atoms. The Balaban J connectivity index is 1.77. The van der Waals surface area contributed by atoms with Crippen LogP contribution >= 0.6 is 0 Å². The van der Waals surface area contributed by atoms with Gasteiger partial charge in [0.25, 0.3) is 0 Å². The highest BCUT2D eigenvalue weighted by molar-refractivity contribution is 7.90. The summed E-state index contributed by atoms with van der Waals surface area (Å²) < 4.78 is 41.4. The maximum atomic E-state index is 12.7. The number of pyridine rings is 1. The van der Waals surface area contributed by atoms with E-state index >= 15 is 0 Å². The Bertz CT molecular complexity index is 1390. The molecule has 0 N–H and O–H groups in total. The van der Waals surface area contributed by atoms with Crippen molar-refractivity contribution in [1.82, 2.24) is 4.57 Å². The number of carbonyl (C=O) groups is 1. The molecule has 0 saturated heterocycles. The predicted octanol–water partition coefficient (Wildman–Crippen LogP) is 3.36. The van der Waals surface area contributed by atoms with Gasteiger partial charge in [-0.2, -0.15) is 0 Å². The molecular weight excluding hydrogens is 458 g/mol. The fourth-order valence-electron chi connectivity index (χ4n) is 3.87. The van der Waals surface area contributed by atoms with E-state index < -0.39 is 27.5 Å². The molecule has 0 fully saturated rings. The zero-order chi connectivity index (χ0) is 24.5. The van der Waals surface area contributed by atoms with Crippen LogP contribution in [0.25, 0.3) is 11.3 Å². The topological polar surface area (TPSA) is 101 Å². The minimum absolute atomic E-state index is 0.0440. The van der Waals surface area contributed by atoms with E-state index in [0.717, 1.165) is 11.1 Å². The Labute approximate surface area is 197 Å². The number of hydrogen-bond acceptors (Lipinski definition) is 7. The fraction of sp³-hybridized carbons (Fsp3) is 0.280. The third kappa shape index (κ3) is 4.84. The number of sulfone groups is 1. The van der Waals surface area contributed by atoms with E-state index in [1.54, 1.807) is 10.6 Å². The Kier molecular flexibility index (Phi) is 6.47. The summed E-state index contributed by atoms with van der Waals surface area (Å²) in [5.74, 6) is 0.415. The van der Waals surface area contributed by atoms with Crippen LogP contribution in [0.5, 0.6) is 11.5 Å². The van der Waals surface area contributed by atoms with Crippen LogP contribution in [-0.4, -0.2) is 44.7 Å². The van der Waals surface area contributed by atoms with E-state index in [9.17, 15) is 18.0 Å². The molecule has 178 valence electrons. The number of aromatic nitrogens is 1. The first-order valence-corrected chi connectivity index (χ1v) is 12.8. The van der Waals surface area contributed by atoms with Gasteiger partial charge in [-0.25, -0.2) is 13.2 Å². The van der Waals surface area contributed by atoms with Gasteiger partial charge in [-0.1, -0.05) is 30.3 Å². The number of esters is 1. The summed E-state index contributed by atoms with van der Waals surface area (Å²) in [5.41, 5.74) is 2.38. The standard InChI is InChI=1S/C25H25NO7S/c1-16-12-18-20-13-21(27)19(25(28)31-2)15-26(20)24(17-8-5-4-6-9-17)33-23(18)14-22(16)32-10-7-11-34(3,29)30/h4-6,8-9,12-15,24H,7,10-11H2,1-3H3. The molecule has 34 heavy (non-hydrogen) atoms. The summed E-state index contributed by atoms with van der Waals surface area (Å²) in [6.45, 7) is 2.11. The molecule has 0 saturated carbocycles. The summed E-state index contributed by atoms with van der Waals surface area (Å²) in [6.07, 6.45) is 2.40. The Hall–Kier alpha value is -3.59. The number of ether oxygens (including phenoxy) is 3. The van der Waals surface area contributed by atoms with E-state index in [0.29, 0.717) is 29.2 Å². The molecule has 0 aliphatic carbocycles. The van der Waals surface area contributed by atoms with Crippen molar-refractivity contribution >= 4 is 15.8 Å². The molecule has 1 aliphatic heterocycles. The summed E-state index contributed by atoms with van der Waals surface area (Å²) in [4.78, 5) is 24.9. The number of rotatable bonds is 7. The number of nitrogens with zero attached hydrogens (tertiary/aromatic N) is 1. The van der Waals surface area contributed by atoms with Crippen LogP contribution in [0.3, 0.4) is 0 Å². The Morgan fingerprint density at radius 3 is 2.56 bits per heavy atom. The lowest BCUT2D eigenvalue weighted by molar-refractivity contribution is 0.0597. The fourth-order valence-corrected chi connectivity index (χ4v) is 4.51. The number of benzene rings is 2. The number of carbonyl (C=O) groups excluding carboxylic acids is 1. The second-order valence-electron chi connectivity index (χ2n) is 8.16. The van der Waals surface area contributed by atoms with Gasteiger partial charge in [-0.3, -0.25) is 4.79 Å².